The molecule has 3 aromatic carbocycles. The maximum Gasteiger partial charge on any atom is 0.361 e. The number of benzene rings is 3. The van der Waals surface area contributed by atoms with Crippen LogP contribution in [-0.2, 0) is 0 Å². The normalized spacial score (nSPS) is 10.9. The molecule has 1 aromatic heterocycles. The molecule has 0 unspecified atom stereocenters. The highest BCUT2D eigenvalue weighted by Crippen LogP contribution is 2.29. The Labute approximate surface area is 169 Å². The van der Waals surface area contributed by atoms with Gasteiger partial charge in [-0.3, -0.25) is 0 Å². The van der Waals surface area contributed by atoms with Crippen molar-refractivity contribution in [3.05, 3.63) is 114 Å². The Kier molecular flexibility index (Phi) is 5.30. The van der Waals surface area contributed by atoms with Crippen molar-refractivity contribution in [1.82, 2.24) is 0 Å². The summed E-state index contributed by atoms with van der Waals surface area (Å²) in [7, 11) is 0. The van der Waals surface area contributed by atoms with Crippen molar-refractivity contribution < 1.29 is 14.3 Å². The monoisotopic (exact) mass is 379 g/mol. The first-order valence-corrected chi connectivity index (χ1v) is 9.29. The van der Waals surface area contributed by atoms with Gasteiger partial charge in [-0.05, 0) is 41.5 Å². The summed E-state index contributed by atoms with van der Waals surface area (Å²) < 4.78 is 6.13. The first-order chi connectivity index (χ1) is 14.2. The minimum Gasteiger partial charge on any atom is -0.478 e. The number of aromatic carboxylic acids is 1. The number of hydrogen-bond donors (Lipinski definition) is 1. The van der Waals surface area contributed by atoms with Crippen LogP contribution in [0.2, 0.25) is 0 Å². The van der Waals surface area contributed by atoms with Crippen LogP contribution in [0.5, 0.6) is 0 Å². The second kappa shape index (κ2) is 8.36. The lowest BCUT2D eigenvalue weighted by Gasteiger charge is -2.00. The molecule has 29 heavy (non-hydrogen) atoms. The Bertz CT molecular complexity index is 1090. The zero-order chi connectivity index (χ0) is 20.1. The first kappa shape index (κ1) is 18.4. The fraction of sp³-hybridized carbons (Fsp3) is 0. The molecule has 0 aliphatic carbocycles. The van der Waals surface area contributed by atoms with Crippen molar-refractivity contribution in [2.45, 2.75) is 0 Å². The van der Waals surface area contributed by atoms with E-state index in [1.165, 1.54) is 0 Å². The molecule has 0 fully saturated rings. The van der Waals surface area contributed by atoms with Gasteiger partial charge in [0.1, 0.15) is 0 Å². The van der Waals surface area contributed by atoms with E-state index in [1.54, 1.807) is 24.3 Å². The van der Waals surface area contributed by atoms with E-state index in [4.69, 9.17) is 9.52 Å². The number of hydrogen-bond acceptors (Lipinski definition) is 1. The van der Waals surface area contributed by atoms with E-state index >= 15 is 0 Å². The van der Waals surface area contributed by atoms with Gasteiger partial charge in [0.15, 0.2) is 0 Å². The summed E-state index contributed by atoms with van der Waals surface area (Å²) in [6, 6.07) is 30.9. The summed E-state index contributed by atoms with van der Waals surface area (Å²) in [5.41, 5.74) is 4.35. The van der Waals surface area contributed by atoms with Crippen LogP contribution in [0.25, 0.3) is 34.6 Å². The van der Waals surface area contributed by atoms with Crippen LogP contribution < -0.4 is 0 Å². The van der Waals surface area contributed by atoms with Crippen molar-refractivity contribution in [1.29, 1.82) is 0 Å². The Morgan fingerprint density at radius 3 is 1.93 bits per heavy atom. The maximum absolute atomic E-state index is 11.0. The van der Waals surface area contributed by atoms with Crippen LogP contribution in [0, 0.1) is 0 Å². The molecule has 3 nitrogen and oxygen atoms in total. The molecule has 0 radical (unpaired) electrons. The van der Waals surface area contributed by atoms with Gasteiger partial charge in [-0.1, -0.05) is 60.7 Å². The van der Waals surface area contributed by atoms with Crippen molar-refractivity contribution in [2.24, 2.45) is 0 Å². The molecule has 0 saturated carbocycles. The third-order valence-electron chi connectivity index (χ3n) is 4.58. The maximum atomic E-state index is 11.0. The van der Waals surface area contributed by atoms with Gasteiger partial charge >= 0.3 is 17.5 Å². The van der Waals surface area contributed by atoms with Crippen molar-refractivity contribution in [3.63, 3.8) is 0 Å². The Morgan fingerprint density at radius 1 is 0.690 bits per heavy atom. The van der Waals surface area contributed by atoms with Crippen LogP contribution in [-0.4, -0.2) is 11.1 Å². The fourth-order valence-corrected chi connectivity index (χ4v) is 3.06. The van der Waals surface area contributed by atoms with E-state index < -0.39 is 5.97 Å². The van der Waals surface area contributed by atoms with Crippen LogP contribution >= 0.6 is 0 Å². The Hall–Kier alpha value is -3.98. The van der Waals surface area contributed by atoms with Crippen molar-refractivity contribution in [3.8, 4) is 22.5 Å². The predicted octanol–water partition coefficient (Wildman–Crippen LogP) is 6.76. The molecule has 0 saturated heterocycles. The summed E-state index contributed by atoms with van der Waals surface area (Å²) in [6.45, 7) is 0. The Balaban J connectivity index is 1.73. The number of carboxylic acids is 1. The minimum atomic E-state index is -0.932. The van der Waals surface area contributed by atoms with E-state index in [0.717, 1.165) is 28.0 Å². The molecule has 0 atom stereocenters. The SMILES string of the molecule is O=C(O)c1ccc(C=Cc2cc(-c3ccccc3)cc(-c3ccccc3)[o+]2)cc1. The minimum absolute atomic E-state index is 0.268. The smallest absolute Gasteiger partial charge is 0.361 e. The molecule has 4 rings (SSSR count). The predicted molar refractivity (Wildman–Crippen MR) is 116 cm³/mol. The molecule has 0 aliphatic heterocycles. The summed E-state index contributed by atoms with van der Waals surface area (Å²) >= 11 is 0. The van der Waals surface area contributed by atoms with E-state index in [-0.39, 0.29) is 5.56 Å². The molecular formula is C26H19O3+. The van der Waals surface area contributed by atoms with Gasteiger partial charge in [-0.2, -0.15) is 0 Å². The van der Waals surface area contributed by atoms with Crippen LogP contribution in [0.3, 0.4) is 0 Å². The van der Waals surface area contributed by atoms with E-state index in [0.29, 0.717) is 5.76 Å². The largest absolute Gasteiger partial charge is 0.478 e. The summed E-state index contributed by atoms with van der Waals surface area (Å²) in [5.74, 6) is 0.568. The van der Waals surface area contributed by atoms with E-state index in [9.17, 15) is 4.79 Å². The lowest BCUT2D eigenvalue weighted by molar-refractivity contribution is 0.0697. The molecule has 1 heterocycles. The number of carbonyl (C=O) groups is 1. The molecule has 140 valence electrons. The average molecular weight is 379 g/mol. The van der Waals surface area contributed by atoms with Crippen LogP contribution in [0.4, 0.5) is 0 Å². The van der Waals surface area contributed by atoms with Gasteiger partial charge in [0.2, 0.25) is 0 Å². The standard InChI is InChI=1S/C26H18O3/c27-26(28)22-14-11-19(12-15-22)13-16-24-17-23(20-7-3-1-4-8-20)18-25(29-24)21-9-5-2-6-10-21/h1-18H/p+1. The molecular weight excluding hydrogens is 360 g/mol. The lowest BCUT2D eigenvalue weighted by atomic mass is 10.0. The second-order valence-electron chi connectivity index (χ2n) is 6.61. The fourth-order valence-electron chi connectivity index (χ4n) is 3.06. The highest BCUT2D eigenvalue weighted by molar-refractivity contribution is 5.88. The number of carboxylic acid groups (broad SMARTS) is 1. The summed E-state index contributed by atoms with van der Waals surface area (Å²) in [6.07, 6.45) is 3.81. The van der Waals surface area contributed by atoms with Crippen molar-refractivity contribution >= 4 is 18.1 Å². The van der Waals surface area contributed by atoms with Gasteiger partial charge in [-0.25, -0.2) is 9.21 Å². The van der Waals surface area contributed by atoms with Gasteiger partial charge in [0.25, 0.3) is 0 Å². The van der Waals surface area contributed by atoms with Crippen LogP contribution in [0.1, 0.15) is 21.7 Å². The molecule has 4 aromatic rings. The highest BCUT2D eigenvalue weighted by atomic mass is 16.4. The zero-order valence-electron chi connectivity index (χ0n) is 15.7. The van der Waals surface area contributed by atoms with E-state index in [1.807, 2.05) is 72.8 Å². The van der Waals surface area contributed by atoms with Crippen molar-refractivity contribution in [2.75, 3.05) is 0 Å². The molecule has 1 N–H and O–H groups in total. The molecule has 0 spiro atoms. The third-order valence-corrected chi connectivity index (χ3v) is 4.58. The second-order valence-corrected chi connectivity index (χ2v) is 6.61. The quantitative estimate of drug-likeness (QED) is 0.390. The molecule has 0 bridgehead atoms. The first-order valence-electron chi connectivity index (χ1n) is 9.29. The molecule has 0 aliphatic rings. The van der Waals surface area contributed by atoms with Crippen LogP contribution in [0.15, 0.2) is 101 Å². The number of rotatable bonds is 5. The van der Waals surface area contributed by atoms with E-state index in [2.05, 4.69) is 12.1 Å². The third kappa shape index (κ3) is 4.47. The topological polar surface area (TPSA) is 48.6 Å². The molecule has 3 heteroatoms. The average Bonchev–Trinajstić information content (AvgIpc) is 2.79. The lowest BCUT2D eigenvalue weighted by Crippen LogP contribution is -1.94. The van der Waals surface area contributed by atoms with Gasteiger partial charge in [0.05, 0.1) is 23.3 Å². The Morgan fingerprint density at radius 2 is 1.31 bits per heavy atom. The summed E-state index contributed by atoms with van der Waals surface area (Å²) in [4.78, 5) is 11.0. The zero-order valence-corrected chi connectivity index (χ0v) is 15.7. The summed E-state index contributed by atoms with van der Waals surface area (Å²) in [5, 5.41) is 9.03. The van der Waals surface area contributed by atoms with Gasteiger partial charge in [0, 0.05) is 11.6 Å². The van der Waals surface area contributed by atoms with Gasteiger partial charge < -0.3 is 5.11 Å². The van der Waals surface area contributed by atoms with Gasteiger partial charge in [-0.15, -0.1) is 0 Å². The molecule has 0 amide bonds. The highest BCUT2D eigenvalue weighted by Gasteiger charge is 2.17.